The standard InChI is InChI=1S/C17H17BrO3/c1-11-6-15(7-12(2)17(11)18)21-10-14-8-13(9-19)4-5-16(14)20-3/h4-9H,10H2,1-3H3. The van der Waals surface area contributed by atoms with Gasteiger partial charge in [-0.2, -0.15) is 0 Å². The van der Waals surface area contributed by atoms with Gasteiger partial charge in [-0.05, 0) is 55.3 Å². The zero-order valence-corrected chi connectivity index (χ0v) is 13.9. The third kappa shape index (κ3) is 3.64. The van der Waals surface area contributed by atoms with Crippen LogP contribution in [0.4, 0.5) is 0 Å². The summed E-state index contributed by atoms with van der Waals surface area (Å²) in [6.45, 7) is 4.40. The molecule has 0 saturated carbocycles. The van der Waals surface area contributed by atoms with Crippen LogP contribution in [0.25, 0.3) is 0 Å². The summed E-state index contributed by atoms with van der Waals surface area (Å²) in [5.74, 6) is 1.51. The zero-order chi connectivity index (χ0) is 15.4. The highest BCUT2D eigenvalue weighted by Gasteiger charge is 2.07. The van der Waals surface area contributed by atoms with Gasteiger partial charge >= 0.3 is 0 Å². The first-order valence-corrected chi connectivity index (χ1v) is 7.36. The Bertz CT molecular complexity index is 642. The number of carbonyl (C=O) groups excluding carboxylic acids is 1. The quantitative estimate of drug-likeness (QED) is 0.748. The van der Waals surface area contributed by atoms with Crippen LogP contribution < -0.4 is 9.47 Å². The van der Waals surface area contributed by atoms with E-state index in [0.717, 1.165) is 33.2 Å². The number of hydrogen-bond donors (Lipinski definition) is 0. The minimum absolute atomic E-state index is 0.353. The molecule has 0 amide bonds. The number of aryl methyl sites for hydroxylation is 2. The fourth-order valence-corrected chi connectivity index (χ4v) is 2.36. The molecule has 0 aliphatic rings. The number of methoxy groups -OCH3 is 1. The van der Waals surface area contributed by atoms with Crippen molar-refractivity contribution in [3.63, 3.8) is 0 Å². The average molecular weight is 349 g/mol. The van der Waals surface area contributed by atoms with Crippen molar-refractivity contribution < 1.29 is 14.3 Å². The van der Waals surface area contributed by atoms with E-state index in [1.165, 1.54) is 0 Å². The second-order valence-corrected chi connectivity index (χ2v) is 5.64. The van der Waals surface area contributed by atoms with Crippen LogP contribution in [0.3, 0.4) is 0 Å². The number of rotatable bonds is 5. The van der Waals surface area contributed by atoms with Gasteiger partial charge in [0.1, 0.15) is 24.4 Å². The Hall–Kier alpha value is -1.81. The van der Waals surface area contributed by atoms with Gasteiger partial charge in [0.2, 0.25) is 0 Å². The van der Waals surface area contributed by atoms with Crippen molar-refractivity contribution in [2.75, 3.05) is 7.11 Å². The van der Waals surface area contributed by atoms with Crippen LogP contribution >= 0.6 is 15.9 Å². The molecular formula is C17H17BrO3. The molecule has 4 heteroatoms. The number of aldehydes is 1. The summed E-state index contributed by atoms with van der Waals surface area (Å²) in [5, 5.41) is 0. The maximum absolute atomic E-state index is 10.9. The lowest BCUT2D eigenvalue weighted by molar-refractivity contribution is 0.112. The summed E-state index contributed by atoms with van der Waals surface area (Å²) in [6.07, 6.45) is 0.816. The molecule has 0 bridgehead atoms. The van der Waals surface area contributed by atoms with E-state index in [2.05, 4.69) is 15.9 Å². The van der Waals surface area contributed by atoms with Gasteiger partial charge in [0.05, 0.1) is 7.11 Å². The van der Waals surface area contributed by atoms with Crippen molar-refractivity contribution in [1.82, 2.24) is 0 Å². The van der Waals surface area contributed by atoms with Crippen LogP contribution in [-0.2, 0) is 6.61 Å². The van der Waals surface area contributed by atoms with Gasteiger partial charge in [0.15, 0.2) is 0 Å². The van der Waals surface area contributed by atoms with Gasteiger partial charge in [0, 0.05) is 15.6 Å². The molecule has 0 aliphatic carbocycles. The number of carbonyl (C=O) groups is 1. The Morgan fingerprint density at radius 2 is 1.81 bits per heavy atom. The monoisotopic (exact) mass is 348 g/mol. The lowest BCUT2D eigenvalue weighted by atomic mass is 10.1. The molecule has 21 heavy (non-hydrogen) atoms. The maximum Gasteiger partial charge on any atom is 0.150 e. The highest BCUT2D eigenvalue weighted by atomic mass is 79.9. The molecule has 0 saturated heterocycles. The zero-order valence-electron chi connectivity index (χ0n) is 12.3. The van der Waals surface area contributed by atoms with Crippen LogP contribution in [0, 0.1) is 13.8 Å². The molecule has 110 valence electrons. The second-order valence-electron chi connectivity index (χ2n) is 4.85. The second kappa shape index (κ2) is 6.76. The first-order chi connectivity index (χ1) is 10.0. The maximum atomic E-state index is 10.9. The van der Waals surface area contributed by atoms with E-state index >= 15 is 0 Å². The van der Waals surface area contributed by atoms with Crippen LogP contribution in [0.2, 0.25) is 0 Å². The fraction of sp³-hybridized carbons (Fsp3) is 0.235. The molecule has 0 N–H and O–H groups in total. The highest BCUT2D eigenvalue weighted by molar-refractivity contribution is 9.10. The Kier molecular flexibility index (Phi) is 5.02. The van der Waals surface area contributed by atoms with E-state index in [4.69, 9.17) is 9.47 Å². The van der Waals surface area contributed by atoms with E-state index in [0.29, 0.717) is 17.9 Å². The number of ether oxygens (including phenoxy) is 2. The summed E-state index contributed by atoms with van der Waals surface area (Å²) >= 11 is 3.54. The summed E-state index contributed by atoms with van der Waals surface area (Å²) in [7, 11) is 1.60. The molecule has 0 fully saturated rings. The number of halogens is 1. The van der Waals surface area contributed by atoms with E-state index < -0.39 is 0 Å². The predicted molar refractivity (Wildman–Crippen MR) is 86.3 cm³/mol. The lowest BCUT2D eigenvalue weighted by Gasteiger charge is -2.13. The lowest BCUT2D eigenvalue weighted by Crippen LogP contribution is -2.00. The first-order valence-electron chi connectivity index (χ1n) is 6.56. The van der Waals surface area contributed by atoms with Gasteiger partial charge in [0.25, 0.3) is 0 Å². The molecule has 0 radical (unpaired) electrons. The molecular weight excluding hydrogens is 332 g/mol. The summed E-state index contributed by atoms with van der Waals surface area (Å²) < 4.78 is 12.2. The molecule has 0 aliphatic heterocycles. The topological polar surface area (TPSA) is 35.5 Å². The predicted octanol–water partition coefficient (Wildman–Crippen LogP) is 4.47. The van der Waals surface area contributed by atoms with Crippen molar-refractivity contribution in [2.24, 2.45) is 0 Å². The molecule has 3 nitrogen and oxygen atoms in total. The van der Waals surface area contributed by atoms with Gasteiger partial charge in [-0.1, -0.05) is 15.9 Å². The minimum Gasteiger partial charge on any atom is -0.496 e. The van der Waals surface area contributed by atoms with Gasteiger partial charge in [-0.15, -0.1) is 0 Å². The Morgan fingerprint density at radius 3 is 2.38 bits per heavy atom. The van der Waals surface area contributed by atoms with Crippen molar-refractivity contribution in [3.8, 4) is 11.5 Å². The van der Waals surface area contributed by atoms with Crippen molar-refractivity contribution in [2.45, 2.75) is 20.5 Å². The van der Waals surface area contributed by atoms with E-state index in [-0.39, 0.29) is 0 Å². The smallest absolute Gasteiger partial charge is 0.150 e. The summed E-state index contributed by atoms with van der Waals surface area (Å²) in [6, 6.07) is 9.24. The van der Waals surface area contributed by atoms with E-state index in [1.54, 1.807) is 25.3 Å². The molecule has 2 aromatic carbocycles. The Balaban J connectivity index is 2.21. The molecule has 0 spiro atoms. The number of benzene rings is 2. The average Bonchev–Trinajstić information content (AvgIpc) is 2.50. The van der Waals surface area contributed by atoms with Crippen molar-refractivity contribution >= 4 is 22.2 Å². The van der Waals surface area contributed by atoms with Crippen molar-refractivity contribution in [1.29, 1.82) is 0 Å². The summed E-state index contributed by atoms with van der Waals surface area (Å²) in [4.78, 5) is 10.9. The van der Waals surface area contributed by atoms with Gasteiger partial charge in [-0.25, -0.2) is 0 Å². The summed E-state index contributed by atoms with van der Waals surface area (Å²) in [5.41, 5.74) is 3.70. The van der Waals surface area contributed by atoms with E-state index in [9.17, 15) is 4.79 Å². The molecule has 0 aromatic heterocycles. The molecule has 0 atom stereocenters. The van der Waals surface area contributed by atoms with Crippen molar-refractivity contribution in [3.05, 3.63) is 57.1 Å². The Labute approximate surface area is 133 Å². The Morgan fingerprint density at radius 1 is 1.14 bits per heavy atom. The number of hydrogen-bond acceptors (Lipinski definition) is 3. The van der Waals surface area contributed by atoms with Gasteiger partial charge < -0.3 is 9.47 Å². The third-order valence-corrected chi connectivity index (χ3v) is 4.50. The van der Waals surface area contributed by atoms with E-state index in [1.807, 2.05) is 26.0 Å². The minimum atomic E-state index is 0.353. The van der Waals surface area contributed by atoms with Crippen LogP contribution in [0.1, 0.15) is 27.0 Å². The van der Waals surface area contributed by atoms with Crippen LogP contribution in [0.5, 0.6) is 11.5 Å². The third-order valence-electron chi connectivity index (χ3n) is 3.24. The first kappa shape index (κ1) is 15.6. The van der Waals surface area contributed by atoms with Crippen LogP contribution in [0.15, 0.2) is 34.8 Å². The fourth-order valence-electron chi connectivity index (χ4n) is 2.14. The molecule has 2 rings (SSSR count). The van der Waals surface area contributed by atoms with Gasteiger partial charge in [-0.3, -0.25) is 4.79 Å². The molecule has 2 aromatic rings. The largest absolute Gasteiger partial charge is 0.496 e. The highest BCUT2D eigenvalue weighted by Crippen LogP contribution is 2.28. The molecule has 0 unspecified atom stereocenters. The normalized spacial score (nSPS) is 10.3. The SMILES string of the molecule is COc1ccc(C=O)cc1COc1cc(C)c(Br)c(C)c1. The van der Waals surface area contributed by atoms with Crippen LogP contribution in [-0.4, -0.2) is 13.4 Å². The molecule has 0 heterocycles.